The smallest absolute Gasteiger partial charge is 0.255 e. The van der Waals surface area contributed by atoms with E-state index in [1.54, 1.807) is 23.1 Å². The minimum Gasteiger partial charge on any atom is -0.395 e. The predicted molar refractivity (Wildman–Crippen MR) is 77.3 cm³/mol. The maximum atomic E-state index is 12.3. The van der Waals surface area contributed by atoms with Crippen molar-refractivity contribution in [2.75, 3.05) is 25.4 Å². The van der Waals surface area contributed by atoms with Crippen LogP contribution in [0.5, 0.6) is 0 Å². The van der Waals surface area contributed by atoms with E-state index >= 15 is 0 Å². The number of thioether (sulfide) groups is 1. The van der Waals surface area contributed by atoms with Crippen LogP contribution in [-0.2, 0) is 10.5 Å². The van der Waals surface area contributed by atoms with Crippen LogP contribution in [0.15, 0.2) is 5.38 Å². The summed E-state index contributed by atoms with van der Waals surface area (Å²) < 4.78 is 24.6. The van der Waals surface area contributed by atoms with Gasteiger partial charge in [0.1, 0.15) is 0 Å². The summed E-state index contributed by atoms with van der Waals surface area (Å²) >= 11 is 3.13. The lowest BCUT2D eigenvalue weighted by molar-refractivity contribution is -0.133. The molecular formula is C12H18F2N2O2S2. The van der Waals surface area contributed by atoms with Crippen LogP contribution in [0, 0.1) is 6.92 Å². The molecule has 1 amide bonds. The van der Waals surface area contributed by atoms with Gasteiger partial charge < -0.3 is 10.0 Å². The summed E-state index contributed by atoms with van der Waals surface area (Å²) in [5.74, 6) is 0.925. The highest BCUT2D eigenvalue weighted by atomic mass is 32.2. The highest BCUT2D eigenvalue weighted by Gasteiger charge is 2.17. The minimum atomic E-state index is -2.57. The van der Waals surface area contributed by atoms with E-state index in [4.69, 9.17) is 5.11 Å². The quantitative estimate of drug-likeness (QED) is 0.707. The zero-order valence-electron chi connectivity index (χ0n) is 11.2. The van der Waals surface area contributed by atoms with E-state index in [1.165, 1.54) is 0 Å². The number of aromatic nitrogens is 1. The molecule has 0 atom stereocenters. The zero-order chi connectivity index (χ0) is 15.0. The van der Waals surface area contributed by atoms with E-state index in [-0.39, 0.29) is 25.5 Å². The summed E-state index contributed by atoms with van der Waals surface area (Å²) in [6.45, 7) is 0.970. The molecule has 0 aromatic carbocycles. The van der Waals surface area contributed by atoms with E-state index < -0.39 is 13.0 Å². The van der Waals surface area contributed by atoms with Gasteiger partial charge in [-0.1, -0.05) is 0 Å². The molecule has 114 valence electrons. The van der Waals surface area contributed by atoms with Gasteiger partial charge in [-0.2, -0.15) is 11.8 Å². The van der Waals surface area contributed by atoms with Crippen LogP contribution in [0.2, 0.25) is 0 Å². The van der Waals surface area contributed by atoms with Crippen molar-refractivity contribution in [3.05, 3.63) is 16.1 Å². The van der Waals surface area contributed by atoms with Crippen LogP contribution in [0.3, 0.4) is 0 Å². The van der Waals surface area contributed by atoms with Gasteiger partial charge in [-0.05, 0) is 6.92 Å². The van der Waals surface area contributed by atoms with E-state index in [1.807, 2.05) is 12.3 Å². The zero-order valence-corrected chi connectivity index (χ0v) is 12.9. The van der Waals surface area contributed by atoms with Crippen molar-refractivity contribution < 1.29 is 18.7 Å². The largest absolute Gasteiger partial charge is 0.395 e. The maximum Gasteiger partial charge on any atom is 0.255 e. The summed E-state index contributed by atoms with van der Waals surface area (Å²) in [6.07, 6.45) is -2.38. The lowest BCUT2D eigenvalue weighted by atomic mass is 10.3. The molecule has 0 fully saturated rings. The van der Waals surface area contributed by atoms with Crippen molar-refractivity contribution in [3.63, 3.8) is 0 Å². The van der Waals surface area contributed by atoms with Crippen LogP contribution >= 0.6 is 23.1 Å². The standard InChI is InChI=1S/C12H18F2N2O2S2/c1-9-15-10(8-20-9)7-19-5-2-12(18)16(3-4-17)6-11(13)14/h8,11,17H,2-7H2,1H3. The van der Waals surface area contributed by atoms with Crippen molar-refractivity contribution >= 4 is 29.0 Å². The molecule has 1 aromatic rings. The monoisotopic (exact) mass is 324 g/mol. The Balaban J connectivity index is 2.26. The first kappa shape index (κ1) is 17.3. The molecule has 0 saturated carbocycles. The van der Waals surface area contributed by atoms with E-state index in [0.717, 1.165) is 15.6 Å². The molecule has 1 N–H and O–H groups in total. The summed E-state index contributed by atoms with van der Waals surface area (Å²) in [5, 5.41) is 11.7. The molecule has 0 aliphatic rings. The number of carbonyl (C=O) groups excluding carboxylic acids is 1. The summed E-state index contributed by atoms with van der Waals surface area (Å²) in [6, 6.07) is 0. The molecule has 1 rings (SSSR count). The molecule has 1 heterocycles. The Kier molecular flexibility index (Phi) is 8.01. The second-order valence-corrected chi connectivity index (χ2v) is 6.28. The molecule has 0 spiro atoms. The van der Waals surface area contributed by atoms with Gasteiger partial charge in [0.2, 0.25) is 5.91 Å². The van der Waals surface area contributed by atoms with Crippen molar-refractivity contribution in [1.29, 1.82) is 0 Å². The fourth-order valence-corrected chi connectivity index (χ4v) is 3.11. The molecule has 0 bridgehead atoms. The Labute approximate surface area is 125 Å². The molecular weight excluding hydrogens is 306 g/mol. The summed E-state index contributed by atoms with van der Waals surface area (Å²) in [7, 11) is 0. The number of aliphatic hydroxyl groups is 1. The van der Waals surface area contributed by atoms with Gasteiger partial charge >= 0.3 is 0 Å². The lowest BCUT2D eigenvalue weighted by Gasteiger charge is -2.21. The topological polar surface area (TPSA) is 53.4 Å². The SMILES string of the molecule is Cc1nc(CSCCC(=O)N(CCO)CC(F)F)cs1. The average Bonchev–Trinajstić information content (AvgIpc) is 2.79. The summed E-state index contributed by atoms with van der Waals surface area (Å²) in [4.78, 5) is 17.1. The Morgan fingerprint density at radius 2 is 2.35 bits per heavy atom. The second kappa shape index (κ2) is 9.25. The fourth-order valence-electron chi connectivity index (χ4n) is 1.57. The third-order valence-corrected chi connectivity index (χ3v) is 4.27. The van der Waals surface area contributed by atoms with Crippen LogP contribution in [0.4, 0.5) is 8.78 Å². The first-order valence-corrected chi connectivity index (χ1v) is 8.22. The number of amides is 1. The number of thiazole rings is 1. The second-order valence-electron chi connectivity index (χ2n) is 4.11. The minimum absolute atomic E-state index is 0.0425. The normalized spacial score (nSPS) is 11.1. The number of rotatable bonds is 9. The molecule has 1 aromatic heterocycles. The van der Waals surface area contributed by atoms with Gasteiger partial charge in [0.15, 0.2) is 0 Å². The van der Waals surface area contributed by atoms with Crippen LogP contribution in [-0.4, -0.2) is 52.8 Å². The highest BCUT2D eigenvalue weighted by Crippen LogP contribution is 2.16. The third kappa shape index (κ3) is 6.62. The molecule has 0 saturated heterocycles. The van der Waals surface area contributed by atoms with Gasteiger partial charge in [-0.25, -0.2) is 13.8 Å². The number of aryl methyl sites for hydroxylation is 1. The Morgan fingerprint density at radius 3 is 2.90 bits per heavy atom. The van der Waals surface area contributed by atoms with Crippen molar-refractivity contribution in [1.82, 2.24) is 9.88 Å². The van der Waals surface area contributed by atoms with Crippen LogP contribution in [0.1, 0.15) is 17.1 Å². The molecule has 0 unspecified atom stereocenters. The van der Waals surface area contributed by atoms with Crippen molar-refractivity contribution in [3.8, 4) is 0 Å². The molecule has 0 radical (unpaired) electrons. The van der Waals surface area contributed by atoms with E-state index in [2.05, 4.69) is 4.98 Å². The number of nitrogens with zero attached hydrogens (tertiary/aromatic N) is 2. The third-order valence-electron chi connectivity index (χ3n) is 2.46. The molecule has 0 aliphatic carbocycles. The van der Waals surface area contributed by atoms with Crippen LogP contribution < -0.4 is 0 Å². The van der Waals surface area contributed by atoms with Gasteiger partial charge in [0.05, 0.1) is 23.9 Å². The summed E-state index contributed by atoms with van der Waals surface area (Å²) in [5.41, 5.74) is 0.977. The van der Waals surface area contributed by atoms with E-state index in [0.29, 0.717) is 11.5 Å². The predicted octanol–water partition coefficient (Wildman–Crippen LogP) is 2.16. The van der Waals surface area contributed by atoms with E-state index in [9.17, 15) is 13.6 Å². The molecule has 0 aliphatic heterocycles. The van der Waals surface area contributed by atoms with Gasteiger partial charge in [-0.3, -0.25) is 4.79 Å². The number of carbonyl (C=O) groups is 1. The lowest BCUT2D eigenvalue weighted by Crippen LogP contribution is -2.37. The Hall–Kier alpha value is -0.730. The van der Waals surface area contributed by atoms with Gasteiger partial charge in [0, 0.05) is 29.9 Å². The fraction of sp³-hybridized carbons (Fsp3) is 0.667. The van der Waals surface area contributed by atoms with Gasteiger partial charge in [0.25, 0.3) is 6.43 Å². The van der Waals surface area contributed by atoms with Crippen molar-refractivity contribution in [2.24, 2.45) is 0 Å². The molecule has 20 heavy (non-hydrogen) atoms. The first-order chi connectivity index (χ1) is 9.52. The molecule has 4 nitrogen and oxygen atoms in total. The number of halogens is 2. The Morgan fingerprint density at radius 1 is 1.60 bits per heavy atom. The molecule has 8 heteroatoms. The number of aliphatic hydroxyl groups excluding tert-OH is 1. The van der Waals surface area contributed by atoms with Crippen LogP contribution in [0.25, 0.3) is 0 Å². The maximum absolute atomic E-state index is 12.3. The number of hydrogen-bond donors (Lipinski definition) is 1. The number of alkyl halides is 2. The highest BCUT2D eigenvalue weighted by molar-refractivity contribution is 7.98. The van der Waals surface area contributed by atoms with Gasteiger partial charge in [-0.15, -0.1) is 11.3 Å². The van der Waals surface area contributed by atoms with Crippen molar-refractivity contribution in [2.45, 2.75) is 25.5 Å². The first-order valence-electron chi connectivity index (χ1n) is 6.18. The average molecular weight is 324 g/mol. The number of hydrogen-bond acceptors (Lipinski definition) is 5. The Bertz CT molecular complexity index is 416.